The molecular formula is C25H25ClF3N3O3S2. The topological polar surface area (TPSA) is 87.3 Å². The smallest absolute Gasteiger partial charge is 0.347 e. The van der Waals surface area contributed by atoms with Gasteiger partial charge in [0.05, 0.1) is 22.7 Å². The van der Waals surface area contributed by atoms with Gasteiger partial charge in [-0.2, -0.15) is 13.2 Å². The number of thiophene rings is 1. The van der Waals surface area contributed by atoms with Crippen molar-refractivity contribution in [3.63, 3.8) is 0 Å². The van der Waals surface area contributed by atoms with Crippen molar-refractivity contribution in [2.24, 2.45) is 0 Å². The van der Waals surface area contributed by atoms with Crippen LogP contribution in [0, 0.1) is 0 Å². The summed E-state index contributed by atoms with van der Waals surface area (Å²) in [6, 6.07) is 13.8. The molecule has 0 aliphatic carbocycles. The molecule has 0 spiro atoms. The predicted octanol–water partition coefficient (Wildman–Crippen LogP) is 4.99. The number of hydrogen-bond acceptors (Lipinski definition) is 5. The number of sulfonamides is 1. The second kappa shape index (κ2) is 11.5. The van der Waals surface area contributed by atoms with E-state index in [0.717, 1.165) is 42.9 Å². The van der Waals surface area contributed by atoms with E-state index in [1.54, 1.807) is 30.3 Å². The first-order valence-electron chi connectivity index (χ1n) is 11.6. The van der Waals surface area contributed by atoms with Crippen LogP contribution < -0.4 is 15.4 Å². The molecule has 0 saturated carbocycles. The van der Waals surface area contributed by atoms with Crippen LogP contribution in [0.1, 0.15) is 39.2 Å². The third-order valence-corrected chi connectivity index (χ3v) is 9.47. The van der Waals surface area contributed by atoms with Gasteiger partial charge in [-0.25, -0.2) is 13.1 Å². The average molecular weight is 572 g/mol. The monoisotopic (exact) mass is 571 g/mol. The molecule has 37 heavy (non-hydrogen) atoms. The molecule has 3 N–H and O–H groups in total. The maximum atomic E-state index is 13.2. The summed E-state index contributed by atoms with van der Waals surface area (Å²) in [5.74, 6) is -0.370. The molecule has 1 amide bonds. The fourth-order valence-corrected chi connectivity index (χ4v) is 6.98. The van der Waals surface area contributed by atoms with Gasteiger partial charge in [0, 0.05) is 17.0 Å². The van der Waals surface area contributed by atoms with E-state index >= 15 is 0 Å². The Kier molecular flexibility index (Phi) is 8.59. The van der Waals surface area contributed by atoms with Crippen LogP contribution in [0.2, 0.25) is 5.02 Å². The van der Waals surface area contributed by atoms with Crippen molar-refractivity contribution in [3.8, 4) is 0 Å². The van der Waals surface area contributed by atoms with Crippen LogP contribution in [0.15, 0.2) is 64.9 Å². The predicted molar refractivity (Wildman–Crippen MR) is 137 cm³/mol. The standard InChI is InChI=1S/C25H25ClF3N3O3S2/c26-20-5-2-1-4-19(20)24(33)31-15-18-11-12-23(36-18)37(34,35)32-22(21-6-3-13-30-21)14-16-7-9-17(10-8-16)25(27,28)29/h1-2,4-5,7-12,21-22,30,32H,3,6,13-15H2,(H,31,33). The first-order chi connectivity index (χ1) is 17.5. The lowest BCUT2D eigenvalue weighted by molar-refractivity contribution is -0.137. The summed E-state index contributed by atoms with van der Waals surface area (Å²) in [7, 11) is -3.91. The molecule has 198 valence electrons. The fraction of sp³-hybridized carbons (Fsp3) is 0.320. The molecule has 4 rings (SSSR count). The summed E-state index contributed by atoms with van der Waals surface area (Å²) >= 11 is 7.08. The average Bonchev–Trinajstić information content (AvgIpc) is 3.55. The first kappa shape index (κ1) is 27.6. The number of hydrogen-bond donors (Lipinski definition) is 3. The molecule has 12 heteroatoms. The van der Waals surface area contributed by atoms with Crippen molar-refractivity contribution in [1.82, 2.24) is 15.4 Å². The lowest BCUT2D eigenvalue weighted by atomic mass is 9.98. The first-order valence-corrected chi connectivity index (χ1v) is 14.2. The highest BCUT2D eigenvalue weighted by Gasteiger charge is 2.32. The Morgan fingerprint density at radius 2 is 1.84 bits per heavy atom. The quantitative estimate of drug-likeness (QED) is 0.338. The third-order valence-electron chi connectivity index (χ3n) is 6.07. The van der Waals surface area contributed by atoms with Crippen LogP contribution in [-0.4, -0.2) is 33.0 Å². The Bertz CT molecular complexity index is 1340. The van der Waals surface area contributed by atoms with Crippen molar-refractivity contribution < 1.29 is 26.4 Å². The van der Waals surface area contributed by atoms with Crippen LogP contribution in [-0.2, 0) is 29.2 Å². The van der Waals surface area contributed by atoms with Gasteiger partial charge in [-0.1, -0.05) is 35.9 Å². The zero-order chi connectivity index (χ0) is 26.6. The highest BCUT2D eigenvalue weighted by molar-refractivity contribution is 7.91. The Morgan fingerprint density at radius 1 is 1.11 bits per heavy atom. The molecule has 0 bridgehead atoms. The van der Waals surface area contributed by atoms with E-state index < -0.39 is 27.8 Å². The summed E-state index contributed by atoms with van der Waals surface area (Å²) < 4.78 is 68.0. The molecule has 1 aliphatic rings. The van der Waals surface area contributed by atoms with Gasteiger partial charge in [-0.05, 0) is 67.8 Å². The number of alkyl halides is 3. The number of carbonyl (C=O) groups is 1. The van der Waals surface area contributed by atoms with Crippen LogP contribution in [0.3, 0.4) is 0 Å². The van der Waals surface area contributed by atoms with E-state index in [4.69, 9.17) is 11.6 Å². The van der Waals surface area contributed by atoms with Gasteiger partial charge >= 0.3 is 6.18 Å². The molecule has 1 saturated heterocycles. The Labute approximate surface area is 222 Å². The van der Waals surface area contributed by atoms with Gasteiger partial charge in [0.15, 0.2) is 0 Å². The summed E-state index contributed by atoms with van der Waals surface area (Å²) in [5.41, 5.74) is 0.175. The normalized spacial score (nSPS) is 17.0. The Hall–Kier alpha value is -2.44. The molecule has 3 aromatic rings. The zero-order valence-electron chi connectivity index (χ0n) is 19.5. The van der Waals surface area contributed by atoms with E-state index in [0.29, 0.717) is 21.0 Å². The van der Waals surface area contributed by atoms with Gasteiger partial charge in [0.25, 0.3) is 5.91 Å². The molecule has 2 unspecified atom stereocenters. The molecule has 2 heterocycles. The lowest BCUT2D eigenvalue weighted by Gasteiger charge is -2.25. The molecule has 6 nitrogen and oxygen atoms in total. The minimum atomic E-state index is -4.43. The second-order valence-corrected chi connectivity index (χ2v) is 12.2. The van der Waals surface area contributed by atoms with E-state index in [1.807, 2.05) is 0 Å². The molecule has 0 radical (unpaired) electrons. The van der Waals surface area contributed by atoms with E-state index in [1.165, 1.54) is 18.2 Å². The van der Waals surface area contributed by atoms with Gasteiger partial charge in [0.2, 0.25) is 10.0 Å². The molecule has 2 aromatic carbocycles. The van der Waals surface area contributed by atoms with Gasteiger partial charge < -0.3 is 10.6 Å². The SMILES string of the molecule is O=C(NCc1ccc(S(=O)(=O)NC(Cc2ccc(C(F)(F)F)cc2)C2CCCN2)s1)c1ccccc1Cl. The minimum Gasteiger partial charge on any atom is -0.347 e. The minimum absolute atomic E-state index is 0.0879. The maximum Gasteiger partial charge on any atom is 0.416 e. The highest BCUT2D eigenvalue weighted by atomic mass is 35.5. The largest absolute Gasteiger partial charge is 0.416 e. The summed E-state index contributed by atoms with van der Waals surface area (Å²) in [6.45, 7) is 0.869. The van der Waals surface area contributed by atoms with Crippen molar-refractivity contribution in [3.05, 3.63) is 87.3 Å². The van der Waals surface area contributed by atoms with Crippen molar-refractivity contribution >= 4 is 38.9 Å². The molecule has 2 atom stereocenters. The van der Waals surface area contributed by atoms with E-state index in [2.05, 4.69) is 15.4 Å². The van der Waals surface area contributed by atoms with E-state index in [-0.39, 0.29) is 29.1 Å². The van der Waals surface area contributed by atoms with Crippen molar-refractivity contribution in [1.29, 1.82) is 0 Å². The highest BCUT2D eigenvalue weighted by Crippen LogP contribution is 2.30. The van der Waals surface area contributed by atoms with Gasteiger partial charge in [-0.15, -0.1) is 11.3 Å². The summed E-state index contributed by atoms with van der Waals surface area (Å²) in [6.07, 6.45) is -2.57. The van der Waals surface area contributed by atoms with Crippen LogP contribution >= 0.6 is 22.9 Å². The molecular weight excluding hydrogens is 547 g/mol. The third kappa shape index (κ3) is 7.11. The number of rotatable bonds is 9. The summed E-state index contributed by atoms with van der Waals surface area (Å²) in [4.78, 5) is 13.0. The van der Waals surface area contributed by atoms with Gasteiger partial charge in [0.1, 0.15) is 4.21 Å². The molecule has 1 aliphatic heterocycles. The van der Waals surface area contributed by atoms with Crippen molar-refractivity contribution in [2.45, 2.75) is 48.3 Å². The zero-order valence-corrected chi connectivity index (χ0v) is 21.9. The number of halogens is 4. The number of carbonyl (C=O) groups excluding carboxylic acids is 1. The number of nitrogens with one attached hydrogen (secondary N) is 3. The molecule has 1 aromatic heterocycles. The van der Waals surface area contributed by atoms with E-state index in [9.17, 15) is 26.4 Å². The second-order valence-electron chi connectivity index (χ2n) is 8.71. The Morgan fingerprint density at radius 3 is 2.49 bits per heavy atom. The molecule has 1 fully saturated rings. The number of benzene rings is 2. The van der Waals surface area contributed by atoms with Crippen LogP contribution in [0.4, 0.5) is 13.2 Å². The van der Waals surface area contributed by atoms with Crippen LogP contribution in [0.5, 0.6) is 0 Å². The maximum absolute atomic E-state index is 13.2. The Balaban J connectivity index is 1.44. The van der Waals surface area contributed by atoms with Crippen molar-refractivity contribution in [2.75, 3.05) is 6.54 Å². The van der Waals surface area contributed by atoms with Gasteiger partial charge in [-0.3, -0.25) is 4.79 Å². The summed E-state index contributed by atoms with van der Waals surface area (Å²) in [5, 5.41) is 6.34. The van der Waals surface area contributed by atoms with Crippen LogP contribution in [0.25, 0.3) is 0 Å². The lowest BCUT2D eigenvalue weighted by Crippen LogP contribution is -2.48. The number of amides is 1. The fourth-order valence-electron chi connectivity index (χ4n) is 4.17.